The Morgan fingerprint density at radius 2 is 2.20 bits per heavy atom. The molecule has 2 aromatic rings. The molecule has 1 unspecified atom stereocenters. The summed E-state index contributed by atoms with van der Waals surface area (Å²) in [7, 11) is 1.67. The third-order valence-corrected chi connectivity index (χ3v) is 6.16. The molecule has 1 aromatic heterocycles. The van der Waals surface area contributed by atoms with E-state index in [9.17, 15) is 4.79 Å². The predicted octanol–water partition coefficient (Wildman–Crippen LogP) is 3.52. The van der Waals surface area contributed by atoms with Gasteiger partial charge in [-0.3, -0.25) is 9.79 Å². The first kappa shape index (κ1) is 16.5. The quantitative estimate of drug-likeness (QED) is 0.768. The van der Waals surface area contributed by atoms with Crippen LogP contribution in [0.3, 0.4) is 0 Å². The van der Waals surface area contributed by atoms with Gasteiger partial charge in [0.25, 0.3) is 0 Å². The molecule has 2 aliphatic rings. The fourth-order valence-electron chi connectivity index (χ4n) is 3.67. The minimum atomic E-state index is 0.0512. The van der Waals surface area contributed by atoms with Gasteiger partial charge in [-0.15, -0.1) is 11.8 Å². The number of para-hydroxylation sites is 1. The van der Waals surface area contributed by atoms with Crippen molar-refractivity contribution in [2.45, 2.75) is 44.2 Å². The number of rotatable bonds is 5. The van der Waals surface area contributed by atoms with E-state index >= 15 is 0 Å². The van der Waals surface area contributed by atoms with Crippen molar-refractivity contribution in [1.82, 2.24) is 10.3 Å². The Morgan fingerprint density at radius 3 is 3.00 bits per heavy atom. The average Bonchev–Trinajstić information content (AvgIpc) is 3.35. The molecule has 2 heterocycles. The summed E-state index contributed by atoms with van der Waals surface area (Å²) >= 11 is 1.73. The lowest BCUT2D eigenvalue weighted by Gasteiger charge is -2.14. The molecule has 5 nitrogen and oxygen atoms in total. The largest absolute Gasteiger partial charge is 0.381 e. The summed E-state index contributed by atoms with van der Waals surface area (Å²) in [4.78, 5) is 19.9. The molecular weight excluding hydrogens is 332 g/mol. The Hall–Kier alpha value is -1.95. The van der Waals surface area contributed by atoms with Crippen molar-refractivity contribution < 1.29 is 4.79 Å². The summed E-state index contributed by atoms with van der Waals surface area (Å²) in [6, 6.07) is 9.23. The number of anilines is 1. The minimum absolute atomic E-state index is 0.0512. The summed E-state index contributed by atoms with van der Waals surface area (Å²) in [5, 5.41) is 8.59. The zero-order valence-corrected chi connectivity index (χ0v) is 15.3. The molecular formula is C19H24N4OS. The van der Waals surface area contributed by atoms with Crippen molar-refractivity contribution in [2.24, 2.45) is 4.99 Å². The first-order valence-corrected chi connectivity index (χ1v) is 10.0. The molecule has 3 N–H and O–H groups in total. The highest BCUT2D eigenvalue weighted by Gasteiger charge is 2.23. The topological polar surface area (TPSA) is 69.3 Å². The molecule has 132 valence electrons. The van der Waals surface area contributed by atoms with E-state index in [4.69, 9.17) is 4.99 Å². The Kier molecular flexibility index (Phi) is 4.70. The number of nitrogens with zero attached hydrogens (tertiary/aromatic N) is 1. The first-order valence-electron chi connectivity index (χ1n) is 9.03. The average molecular weight is 356 g/mol. The van der Waals surface area contributed by atoms with E-state index < -0.39 is 0 Å². The number of hydrogen-bond acceptors (Lipinski definition) is 4. The van der Waals surface area contributed by atoms with Gasteiger partial charge in [0, 0.05) is 30.6 Å². The normalized spacial score (nSPS) is 20.8. The Balaban J connectivity index is 1.57. The molecule has 1 saturated carbocycles. The fourth-order valence-corrected chi connectivity index (χ4v) is 4.70. The van der Waals surface area contributed by atoms with Crippen molar-refractivity contribution in [3.63, 3.8) is 0 Å². The van der Waals surface area contributed by atoms with Gasteiger partial charge in [-0.25, -0.2) is 0 Å². The van der Waals surface area contributed by atoms with Crippen LogP contribution in [0.5, 0.6) is 0 Å². The molecule has 0 saturated heterocycles. The zero-order valence-electron chi connectivity index (χ0n) is 14.5. The number of nitrogens with one attached hydrogen (secondary N) is 3. The smallest absolute Gasteiger partial charge is 0.221 e. The van der Waals surface area contributed by atoms with E-state index in [-0.39, 0.29) is 11.9 Å². The summed E-state index contributed by atoms with van der Waals surface area (Å²) in [5.41, 5.74) is 3.39. The van der Waals surface area contributed by atoms with Crippen LogP contribution in [-0.2, 0) is 4.79 Å². The fraction of sp³-hybridized carbons (Fsp3) is 0.474. The highest BCUT2D eigenvalue weighted by atomic mass is 32.2. The molecule has 1 aromatic carbocycles. The van der Waals surface area contributed by atoms with Gasteiger partial charge in [-0.05, 0) is 25.0 Å². The number of carbonyl (C=O) groups excluding carboxylic acids is 1. The molecule has 1 fully saturated rings. The summed E-state index contributed by atoms with van der Waals surface area (Å²) in [5.74, 6) is 0.918. The van der Waals surface area contributed by atoms with Crippen molar-refractivity contribution in [1.29, 1.82) is 0 Å². The van der Waals surface area contributed by atoms with E-state index in [1.807, 2.05) is 0 Å². The summed E-state index contributed by atoms with van der Waals surface area (Å²) in [6.45, 7) is 0. The second-order valence-electron chi connectivity index (χ2n) is 6.85. The molecule has 25 heavy (non-hydrogen) atoms. The molecule has 4 rings (SSSR count). The number of hydrogen-bond donors (Lipinski definition) is 3. The highest BCUT2D eigenvalue weighted by Crippen LogP contribution is 2.31. The van der Waals surface area contributed by atoms with Gasteiger partial charge < -0.3 is 15.6 Å². The van der Waals surface area contributed by atoms with E-state index in [0.29, 0.717) is 12.5 Å². The van der Waals surface area contributed by atoms with Crippen LogP contribution in [0, 0.1) is 0 Å². The molecule has 0 bridgehead atoms. The number of thioether (sulfide) groups is 1. The second-order valence-corrected chi connectivity index (χ2v) is 7.86. The maximum absolute atomic E-state index is 11.6. The van der Waals surface area contributed by atoms with E-state index in [1.165, 1.54) is 36.8 Å². The lowest BCUT2D eigenvalue weighted by molar-refractivity contribution is -0.120. The minimum Gasteiger partial charge on any atom is -0.381 e. The van der Waals surface area contributed by atoms with Gasteiger partial charge in [0.1, 0.15) is 5.04 Å². The number of fused-ring (bicyclic) bond motifs is 1. The first-order chi connectivity index (χ1) is 12.2. The van der Waals surface area contributed by atoms with Crippen LogP contribution in [0.2, 0.25) is 0 Å². The Labute approximate surface area is 152 Å². The zero-order chi connectivity index (χ0) is 17.2. The highest BCUT2D eigenvalue weighted by molar-refractivity contribution is 8.14. The third-order valence-electron chi connectivity index (χ3n) is 5.01. The molecule has 0 radical (unpaired) electrons. The van der Waals surface area contributed by atoms with Crippen molar-refractivity contribution >= 4 is 39.3 Å². The van der Waals surface area contributed by atoms with Crippen LogP contribution in [0.4, 0.5) is 5.69 Å². The number of amides is 1. The van der Waals surface area contributed by atoms with E-state index in [1.54, 1.807) is 18.8 Å². The maximum Gasteiger partial charge on any atom is 0.221 e. The van der Waals surface area contributed by atoms with E-state index in [2.05, 4.69) is 39.9 Å². The van der Waals surface area contributed by atoms with Crippen molar-refractivity contribution in [2.75, 3.05) is 18.1 Å². The summed E-state index contributed by atoms with van der Waals surface area (Å²) < 4.78 is 0. The maximum atomic E-state index is 11.6. The van der Waals surface area contributed by atoms with Gasteiger partial charge in [0.2, 0.25) is 5.91 Å². The van der Waals surface area contributed by atoms with Gasteiger partial charge >= 0.3 is 0 Å². The van der Waals surface area contributed by atoms with Gasteiger partial charge in [0.15, 0.2) is 0 Å². The van der Waals surface area contributed by atoms with Crippen molar-refractivity contribution in [3.05, 3.63) is 30.0 Å². The number of H-pyrrole nitrogens is 1. The van der Waals surface area contributed by atoms with Gasteiger partial charge in [0.05, 0.1) is 22.9 Å². The van der Waals surface area contributed by atoms with Crippen LogP contribution < -0.4 is 10.6 Å². The monoisotopic (exact) mass is 356 g/mol. The molecule has 0 spiro atoms. The number of aliphatic imine (C=N–C) groups is 1. The van der Waals surface area contributed by atoms with Crippen LogP contribution in [0.25, 0.3) is 10.9 Å². The second kappa shape index (κ2) is 7.12. The third kappa shape index (κ3) is 3.54. The van der Waals surface area contributed by atoms with Crippen LogP contribution >= 0.6 is 11.8 Å². The summed E-state index contributed by atoms with van der Waals surface area (Å²) in [6.07, 6.45) is 5.62. The molecule has 1 amide bonds. The molecule has 1 aliphatic heterocycles. The predicted molar refractivity (Wildman–Crippen MR) is 106 cm³/mol. The molecule has 1 atom stereocenters. The van der Waals surface area contributed by atoms with Crippen molar-refractivity contribution in [3.8, 4) is 0 Å². The molecule has 6 heteroatoms. The number of benzene rings is 1. The Bertz CT molecular complexity index is 807. The van der Waals surface area contributed by atoms with Crippen LogP contribution in [-0.4, -0.2) is 40.8 Å². The lowest BCUT2D eigenvalue weighted by Crippen LogP contribution is -2.23. The van der Waals surface area contributed by atoms with E-state index in [0.717, 1.165) is 22.0 Å². The van der Waals surface area contributed by atoms with Crippen LogP contribution in [0.15, 0.2) is 29.3 Å². The van der Waals surface area contributed by atoms with Gasteiger partial charge in [-0.1, -0.05) is 25.0 Å². The molecule has 1 aliphatic carbocycles. The number of aromatic amines is 1. The standard InChI is InChI=1S/C19H24N4OS/c1-20-17(24)10-14-11-25-19(22-14)16-9-12-5-4-8-15(18(12)23-16)21-13-6-2-3-7-13/h4-5,8-9,13-14,21,23H,2-3,6-7,10-11H2,1H3,(H,20,24). The van der Waals surface area contributed by atoms with Crippen LogP contribution in [0.1, 0.15) is 37.8 Å². The van der Waals surface area contributed by atoms with Gasteiger partial charge in [-0.2, -0.15) is 0 Å². The lowest BCUT2D eigenvalue weighted by atomic mass is 10.2. The number of aromatic nitrogens is 1. The Morgan fingerprint density at radius 1 is 1.36 bits per heavy atom. The SMILES string of the molecule is CNC(=O)CC1CSC(c2cc3cccc(NC4CCCC4)c3[nH]2)=N1. The number of carbonyl (C=O) groups is 1.